The van der Waals surface area contributed by atoms with Gasteiger partial charge in [-0.2, -0.15) is 0 Å². The predicted molar refractivity (Wildman–Crippen MR) is 79.0 cm³/mol. The zero-order valence-electron chi connectivity index (χ0n) is 10.6. The number of carboxylic acid groups (broad SMARTS) is 1. The summed E-state index contributed by atoms with van der Waals surface area (Å²) in [4.78, 5) is 15.3. The minimum absolute atomic E-state index is 0. The molecule has 19 heavy (non-hydrogen) atoms. The van der Waals surface area contributed by atoms with Gasteiger partial charge in [0.1, 0.15) is 0 Å². The van der Waals surface area contributed by atoms with Crippen LogP contribution in [0.4, 0.5) is 0 Å². The molecule has 1 aliphatic carbocycles. The van der Waals surface area contributed by atoms with Crippen LogP contribution in [-0.4, -0.2) is 22.1 Å². The van der Waals surface area contributed by atoms with Gasteiger partial charge in [0, 0.05) is 18.8 Å². The van der Waals surface area contributed by atoms with Crippen LogP contribution in [0, 0.1) is 5.92 Å². The molecule has 4 nitrogen and oxygen atoms in total. The molecule has 0 radical (unpaired) electrons. The lowest BCUT2D eigenvalue weighted by molar-refractivity contribution is -0.143. The van der Waals surface area contributed by atoms with E-state index in [0.717, 1.165) is 31.4 Å². The Hall–Kier alpha value is -0.840. The second kappa shape index (κ2) is 9.13. The smallest absolute Gasteiger partial charge is 0.308 e. The summed E-state index contributed by atoms with van der Waals surface area (Å²) in [6, 6.07) is 5.86. The molecule has 1 aromatic heterocycles. The molecule has 0 aromatic carbocycles. The van der Waals surface area contributed by atoms with E-state index in [9.17, 15) is 4.79 Å². The molecule has 1 fully saturated rings. The summed E-state index contributed by atoms with van der Waals surface area (Å²) in [5.74, 6) is -0.921. The zero-order chi connectivity index (χ0) is 12.1. The van der Waals surface area contributed by atoms with Gasteiger partial charge in [0.05, 0.1) is 11.6 Å². The van der Waals surface area contributed by atoms with Gasteiger partial charge in [-0.3, -0.25) is 9.78 Å². The van der Waals surface area contributed by atoms with Gasteiger partial charge < -0.3 is 10.4 Å². The lowest BCUT2D eigenvalue weighted by Gasteiger charge is -2.29. The first-order valence-corrected chi connectivity index (χ1v) is 6.13. The highest BCUT2D eigenvalue weighted by Gasteiger charge is 2.30. The first kappa shape index (κ1) is 18.2. The van der Waals surface area contributed by atoms with Crippen molar-refractivity contribution < 1.29 is 9.90 Å². The van der Waals surface area contributed by atoms with Gasteiger partial charge in [-0.05, 0) is 25.0 Å². The van der Waals surface area contributed by atoms with E-state index in [4.69, 9.17) is 5.11 Å². The second-order valence-corrected chi connectivity index (χ2v) is 4.54. The van der Waals surface area contributed by atoms with Crippen molar-refractivity contribution in [2.24, 2.45) is 5.92 Å². The number of hydrogen-bond donors (Lipinski definition) is 2. The minimum atomic E-state index is -0.678. The number of hydrogen-bond acceptors (Lipinski definition) is 3. The highest BCUT2D eigenvalue weighted by atomic mass is 35.5. The van der Waals surface area contributed by atoms with Crippen LogP contribution in [-0.2, 0) is 11.3 Å². The largest absolute Gasteiger partial charge is 0.481 e. The minimum Gasteiger partial charge on any atom is -0.481 e. The van der Waals surface area contributed by atoms with E-state index in [-0.39, 0.29) is 36.8 Å². The summed E-state index contributed by atoms with van der Waals surface area (Å²) in [6.45, 7) is 0.648. The quantitative estimate of drug-likeness (QED) is 0.898. The fraction of sp³-hybridized carbons (Fsp3) is 0.538. The van der Waals surface area contributed by atoms with E-state index in [1.807, 2.05) is 18.2 Å². The maximum atomic E-state index is 11.1. The van der Waals surface area contributed by atoms with Crippen LogP contribution in [0.2, 0.25) is 0 Å². The number of pyridine rings is 1. The number of nitrogens with zero attached hydrogens (tertiary/aromatic N) is 1. The molecule has 0 saturated heterocycles. The maximum Gasteiger partial charge on any atom is 0.308 e. The van der Waals surface area contributed by atoms with Crippen molar-refractivity contribution >= 4 is 30.8 Å². The van der Waals surface area contributed by atoms with Crippen LogP contribution >= 0.6 is 24.8 Å². The Morgan fingerprint density at radius 2 is 2.05 bits per heavy atom. The summed E-state index contributed by atoms with van der Waals surface area (Å²) < 4.78 is 0. The number of aliphatic carboxylic acids is 1. The van der Waals surface area contributed by atoms with Gasteiger partial charge in [-0.25, -0.2) is 0 Å². The molecule has 1 aromatic rings. The Balaban J connectivity index is 0.00000162. The van der Waals surface area contributed by atoms with Crippen LogP contribution in [0.5, 0.6) is 0 Å². The number of aromatic nitrogens is 1. The topological polar surface area (TPSA) is 62.2 Å². The maximum absolute atomic E-state index is 11.1. The monoisotopic (exact) mass is 306 g/mol. The van der Waals surface area contributed by atoms with Crippen molar-refractivity contribution in [1.29, 1.82) is 0 Å². The molecule has 2 N–H and O–H groups in total. The van der Waals surface area contributed by atoms with Gasteiger partial charge in [-0.15, -0.1) is 24.8 Å². The fourth-order valence-electron chi connectivity index (χ4n) is 2.41. The van der Waals surface area contributed by atoms with Crippen molar-refractivity contribution in [3.8, 4) is 0 Å². The van der Waals surface area contributed by atoms with Crippen LogP contribution < -0.4 is 5.32 Å². The Morgan fingerprint density at radius 1 is 1.32 bits per heavy atom. The van der Waals surface area contributed by atoms with Crippen molar-refractivity contribution in [3.05, 3.63) is 30.1 Å². The third-order valence-corrected chi connectivity index (χ3v) is 3.35. The number of rotatable bonds is 4. The molecule has 2 rings (SSSR count). The SMILES string of the molecule is Cl.Cl.O=C(O)C1CCCCC1NCc1ccccn1. The average Bonchev–Trinajstić information content (AvgIpc) is 2.38. The second-order valence-electron chi connectivity index (χ2n) is 4.54. The molecular formula is C13H20Cl2N2O2. The lowest BCUT2D eigenvalue weighted by Crippen LogP contribution is -2.42. The third kappa shape index (κ3) is 5.35. The van der Waals surface area contributed by atoms with E-state index in [0.29, 0.717) is 6.54 Å². The Morgan fingerprint density at radius 3 is 2.68 bits per heavy atom. The molecule has 0 amide bonds. The molecule has 0 aliphatic heterocycles. The van der Waals surface area contributed by atoms with Crippen LogP contribution in [0.3, 0.4) is 0 Å². The summed E-state index contributed by atoms with van der Waals surface area (Å²) >= 11 is 0. The standard InChI is InChI=1S/C13H18N2O2.2ClH/c16-13(17)11-6-1-2-7-12(11)15-9-10-5-3-4-8-14-10;;/h3-5,8,11-12,15H,1-2,6-7,9H2,(H,16,17);2*1H. The van der Waals surface area contributed by atoms with E-state index in [2.05, 4.69) is 10.3 Å². The van der Waals surface area contributed by atoms with Crippen LogP contribution in [0.15, 0.2) is 24.4 Å². The fourth-order valence-corrected chi connectivity index (χ4v) is 2.41. The van der Waals surface area contributed by atoms with E-state index in [1.54, 1.807) is 6.20 Å². The third-order valence-electron chi connectivity index (χ3n) is 3.35. The number of carbonyl (C=O) groups is 1. The van der Waals surface area contributed by atoms with Gasteiger partial charge in [0.2, 0.25) is 0 Å². The van der Waals surface area contributed by atoms with Crippen molar-refractivity contribution in [3.63, 3.8) is 0 Å². The number of carboxylic acids is 1. The van der Waals surface area contributed by atoms with Gasteiger partial charge in [-0.1, -0.05) is 18.9 Å². The zero-order valence-corrected chi connectivity index (χ0v) is 12.3. The molecule has 6 heteroatoms. The Bertz CT molecular complexity index is 376. The Labute approximate surface area is 125 Å². The van der Waals surface area contributed by atoms with Crippen LogP contribution in [0.25, 0.3) is 0 Å². The first-order valence-electron chi connectivity index (χ1n) is 6.13. The number of nitrogens with one attached hydrogen (secondary N) is 1. The van der Waals surface area contributed by atoms with Crippen molar-refractivity contribution in [2.45, 2.75) is 38.3 Å². The lowest BCUT2D eigenvalue weighted by atomic mass is 9.84. The van der Waals surface area contributed by atoms with Crippen molar-refractivity contribution in [2.75, 3.05) is 0 Å². The normalized spacial score (nSPS) is 21.9. The molecular weight excluding hydrogens is 287 g/mol. The van der Waals surface area contributed by atoms with Gasteiger partial charge in [0.25, 0.3) is 0 Å². The van der Waals surface area contributed by atoms with Crippen molar-refractivity contribution in [1.82, 2.24) is 10.3 Å². The molecule has 2 atom stereocenters. The molecule has 1 heterocycles. The van der Waals surface area contributed by atoms with E-state index < -0.39 is 5.97 Å². The molecule has 1 aliphatic rings. The molecule has 1 saturated carbocycles. The highest BCUT2D eigenvalue weighted by Crippen LogP contribution is 2.24. The summed E-state index contributed by atoms with van der Waals surface area (Å²) in [7, 11) is 0. The predicted octanol–water partition coefficient (Wildman–Crippen LogP) is 2.66. The molecule has 0 bridgehead atoms. The van der Waals surface area contributed by atoms with Gasteiger partial charge in [0.15, 0.2) is 0 Å². The van der Waals surface area contributed by atoms with Gasteiger partial charge >= 0.3 is 5.97 Å². The molecule has 0 spiro atoms. The summed E-state index contributed by atoms with van der Waals surface area (Å²) in [6.07, 6.45) is 5.63. The molecule has 2 unspecified atom stereocenters. The Kier molecular flexibility index (Phi) is 8.72. The van der Waals surface area contributed by atoms with E-state index in [1.165, 1.54) is 0 Å². The average molecular weight is 307 g/mol. The first-order chi connectivity index (χ1) is 8.27. The van der Waals surface area contributed by atoms with E-state index >= 15 is 0 Å². The van der Waals surface area contributed by atoms with Crippen LogP contribution in [0.1, 0.15) is 31.4 Å². The summed E-state index contributed by atoms with van der Waals surface area (Å²) in [5.41, 5.74) is 0.960. The number of halogens is 2. The highest BCUT2D eigenvalue weighted by molar-refractivity contribution is 5.85. The molecule has 108 valence electrons. The summed E-state index contributed by atoms with van der Waals surface area (Å²) in [5, 5.41) is 12.5.